The summed E-state index contributed by atoms with van der Waals surface area (Å²) in [6, 6.07) is 8.25. The van der Waals surface area contributed by atoms with Gasteiger partial charge in [-0.1, -0.05) is 57.9 Å². The van der Waals surface area contributed by atoms with E-state index in [0.29, 0.717) is 11.5 Å². The molecule has 2 aromatic rings. The minimum Gasteiger partial charge on any atom is -0.322 e. The highest BCUT2D eigenvalue weighted by Crippen LogP contribution is 2.29. The van der Waals surface area contributed by atoms with Crippen LogP contribution < -0.4 is 5.32 Å². The van der Waals surface area contributed by atoms with Crippen LogP contribution in [0.2, 0.25) is 0 Å². The van der Waals surface area contributed by atoms with Crippen molar-refractivity contribution >= 4 is 23.9 Å². The Balaban J connectivity index is 2.21. The first-order valence-electron chi connectivity index (χ1n) is 9.88. The molecule has 1 aromatic carbocycles. The van der Waals surface area contributed by atoms with Gasteiger partial charge in [-0.15, -0.1) is 0 Å². The smallest absolute Gasteiger partial charge is 0.259 e. The van der Waals surface area contributed by atoms with Gasteiger partial charge in [0.25, 0.3) is 5.91 Å². The van der Waals surface area contributed by atoms with Crippen LogP contribution in [0, 0.1) is 0 Å². The molecule has 0 aliphatic heterocycles. The van der Waals surface area contributed by atoms with E-state index in [1.807, 2.05) is 31.2 Å². The summed E-state index contributed by atoms with van der Waals surface area (Å²) in [5.74, 6) is 0.392. The molecule has 0 bridgehead atoms. The Bertz CT molecular complexity index is 789. The number of amides is 1. The summed E-state index contributed by atoms with van der Waals surface area (Å²) in [7, 11) is 0. The molecule has 0 aliphatic carbocycles. The normalized spacial score (nSPS) is 12.3. The number of allylic oxidation sites excluding steroid dienone is 1. The number of benzene rings is 1. The van der Waals surface area contributed by atoms with Gasteiger partial charge in [-0.05, 0) is 49.5 Å². The number of carbonyl (C=O) groups is 1. The number of nitrogens with zero attached hydrogens (tertiary/aromatic N) is 2. The summed E-state index contributed by atoms with van der Waals surface area (Å²) >= 11 is 0. The zero-order valence-electron chi connectivity index (χ0n) is 16.7. The Hall–Kier alpha value is -2.62. The number of rotatable bonds is 10. The second kappa shape index (κ2) is 10.5. The van der Waals surface area contributed by atoms with Crippen LogP contribution in [0.25, 0.3) is 12.3 Å². The maximum atomic E-state index is 12.8. The van der Waals surface area contributed by atoms with Gasteiger partial charge in [0, 0.05) is 11.9 Å². The number of hydrogen-bond donors (Lipinski definition) is 1. The van der Waals surface area contributed by atoms with E-state index in [0.717, 1.165) is 11.4 Å². The van der Waals surface area contributed by atoms with Gasteiger partial charge in [-0.3, -0.25) is 4.79 Å². The fraction of sp³-hybridized carbons (Fsp3) is 0.391. The Labute approximate surface area is 163 Å². The summed E-state index contributed by atoms with van der Waals surface area (Å²) < 4.78 is 1.60. The van der Waals surface area contributed by atoms with Crippen molar-refractivity contribution in [2.45, 2.75) is 58.8 Å². The average Bonchev–Trinajstić information content (AvgIpc) is 3.08. The highest BCUT2D eigenvalue weighted by molar-refractivity contribution is 6.06. The number of hydrogen-bond acceptors (Lipinski definition) is 2. The molecule has 2 rings (SSSR count). The third kappa shape index (κ3) is 5.43. The van der Waals surface area contributed by atoms with Gasteiger partial charge < -0.3 is 5.32 Å². The van der Waals surface area contributed by atoms with Gasteiger partial charge in [0.1, 0.15) is 0 Å². The summed E-state index contributed by atoms with van der Waals surface area (Å²) in [5.41, 5.74) is 3.40. The largest absolute Gasteiger partial charge is 0.322 e. The maximum absolute atomic E-state index is 12.8. The van der Waals surface area contributed by atoms with Crippen LogP contribution in [-0.2, 0) is 0 Å². The van der Waals surface area contributed by atoms with Crippen molar-refractivity contribution in [2.75, 3.05) is 5.32 Å². The molecular weight excluding hydrogens is 334 g/mol. The van der Waals surface area contributed by atoms with Gasteiger partial charge in [0.2, 0.25) is 0 Å². The average molecular weight is 366 g/mol. The summed E-state index contributed by atoms with van der Waals surface area (Å²) in [4.78, 5) is 12.8. The molecular formula is C23H31N3O. The molecule has 0 fully saturated rings. The Kier molecular flexibility index (Phi) is 8.05. The minimum absolute atomic E-state index is 0.158. The van der Waals surface area contributed by atoms with E-state index in [1.54, 1.807) is 17.1 Å². The first-order valence-corrected chi connectivity index (χ1v) is 9.88. The topological polar surface area (TPSA) is 46.9 Å². The molecule has 1 unspecified atom stereocenters. The molecule has 1 N–H and O–H groups in total. The molecule has 0 spiro atoms. The van der Waals surface area contributed by atoms with Crippen LogP contribution in [0.5, 0.6) is 0 Å². The lowest BCUT2D eigenvalue weighted by Crippen LogP contribution is -2.13. The summed E-state index contributed by atoms with van der Waals surface area (Å²) in [6.45, 7) is 10.1. The van der Waals surface area contributed by atoms with E-state index < -0.39 is 0 Å². The fourth-order valence-corrected chi connectivity index (χ4v) is 3.36. The Morgan fingerprint density at radius 2 is 2.11 bits per heavy atom. The molecule has 1 amide bonds. The highest BCUT2D eigenvalue weighted by Gasteiger charge is 2.16. The van der Waals surface area contributed by atoms with Gasteiger partial charge in [0.05, 0.1) is 17.5 Å². The molecule has 0 saturated carbocycles. The third-order valence-corrected chi connectivity index (χ3v) is 4.74. The zero-order chi connectivity index (χ0) is 19.6. The van der Waals surface area contributed by atoms with Crippen molar-refractivity contribution < 1.29 is 4.79 Å². The SMILES string of the molecule is C=Cn1ncc(C(=O)Nc2cccc(C(CCC)CCCC)c2)c1/C=C\C. The van der Waals surface area contributed by atoms with Crippen molar-refractivity contribution in [3.8, 4) is 0 Å². The van der Waals surface area contributed by atoms with Crippen LogP contribution >= 0.6 is 0 Å². The van der Waals surface area contributed by atoms with Crippen molar-refractivity contribution in [3.05, 3.63) is 59.9 Å². The van der Waals surface area contributed by atoms with Gasteiger partial charge in [-0.25, -0.2) is 4.68 Å². The monoisotopic (exact) mass is 365 g/mol. The second-order valence-electron chi connectivity index (χ2n) is 6.78. The fourth-order valence-electron chi connectivity index (χ4n) is 3.36. The van der Waals surface area contributed by atoms with Crippen LogP contribution in [0.4, 0.5) is 5.69 Å². The molecule has 1 aromatic heterocycles. The van der Waals surface area contributed by atoms with E-state index in [9.17, 15) is 4.79 Å². The van der Waals surface area contributed by atoms with Crippen molar-refractivity contribution in [1.29, 1.82) is 0 Å². The Morgan fingerprint density at radius 3 is 2.78 bits per heavy atom. The van der Waals surface area contributed by atoms with Crippen molar-refractivity contribution in [3.63, 3.8) is 0 Å². The van der Waals surface area contributed by atoms with E-state index >= 15 is 0 Å². The van der Waals surface area contributed by atoms with E-state index in [4.69, 9.17) is 0 Å². The van der Waals surface area contributed by atoms with Crippen molar-refractivity contribution in [2.24, 2.45) is 0 Å². The molecule has 0 saturated heterocycles. The van der Waals surface area contributed by atoms with Crippen LogP contribution in [-0.4, -0.2) is 15.7 Å². The zero-order valence-corrected chi connectivity index (χ0v) is 16.7. The third-order valence-electron chi connectivity index (χ3n) is 4.74. The quantitative estimate of drug-likeness (QED) is 0.534. The second-order valence-corrected chi connectivity index (χ2v) is 6.78. The molecule has 1 heterocycles. The number of anilines is 1. The maximum Gasteiger partial charge on any atom is 0.259 e. The lowest BCUT2D eigenvalue weighted by Gasteiger charge is -2.17. The van der Waals surface area contributed by atoms with E-state index in [2.05, 4.69) is 43.0 Å². The number of nitrogens with one attached hydrogen (secondary N) is 1. The molecule has 27 heavy (non-hydrogen) atoms. The molecule has 4 nitrogen and oxygen atoms in total. The summed E-state index contributed by atoms with van der Waals surface area (Å²) in [6.07, 6.45) is 12.9. The van der Waals surface area contributed by atoms with Crippen LogP contribution in [0.3, 0.4) is 0 Å². The lowest BCUT2D eigenvalue weighted by molar-refractivity contribution is 0.102. The van der Waals surface area contributed by atoms with E-state index in [-0.39, 0.29) is 5.91 Å². The predicted octanol–water partition coefficient (Wildman–Crippen LogP) is 6.34. The van der Waals surface area contributed by atoms with Gasteiger partial charge >= 0.3 is 0 Å². The first kappa shape index (κ1) is 20.7. The number of unbranched alkanes of at least 4 members (excludes halogenated alkanes) is 1. The Morgan fingerprint density at radius 1 is 1.30 bits per heavy atom. The highest BCUT2D eigenvalue weighted by atomic mass is 16.1. The molecule has 144 valence electrons. The van der Waals surface area contributed by atoms with Crippen LogP contribution in [0.15, 0.2) is 43.1 Å². The standard InChI is InChI=1S/C23H31N3O/c1-5-9-13-18(11-6-2)19-14-10-15-20(16-19)25-23(27)21-17-24-26(8-4)22(21)12-7-3/h7-8,10,12,14-18H,4-6,9,11,13H2,1-3H3,(H,25,27)/b12-7-. The van der Waals surface area contributed by atoms with Gasteiger partial charge in [-0.2, -0.15) is 5.10 Å². The first-order chi connectivity index (χ1) is 13.1. The predicted molar refractivity (Wildman–Crippen MR) is 115 cm³/mol. The molecule has 0 aliphatic rings. The number of aromatic nitrogens is 2. The van der Waals surface area contributed by atoms with E-state index in [1.165, 1.54) is 37.7 Å². The molecule has 0 radical (unpaired) electrons. The summed E-state index contributed by atoms with van der Waals surface area (Å²) in [5, 5.41) is 7.23. The molecule has 1 atom stereocenters. The number of carbonyl (C=O) groups excluding carboxylic acids is 1. The lowest BCUT2D eigenvalue weighted by atomic mass is 9.89. The van der Waals surface area contributed by atoms with Gasteiger partial charge in [0.15, 0.2) is 0 Å². The minimum atomic E-state index is -0.158. The van der Waals surface area contributed by atoms with Crippen LogP contribution in [0.1, 0.15) is 80.4 Å². The molecule has 4 heteroatoms. The van der Waals surface area contributed by atoms with Crippen molar-refractivity contribution in [1.82, 2.24) is 9.78 Å².